The third kappa shape index (κ3) is 4.33. The first-order valence-corrected chi connectivity index (χ1v) is 12.7. The van der Waals surface area contributed by atoms with E-state index < -0.39 is 17.3 Å². The van der Waals surface area contributed by atoms with Crippen LogP contribution in [0.5, 0.6) is 0 Å². The molecule has 10 heteroatoms. The summed E-state index contributed by atoms with van der Waals surface area (Å²) in [4.78, 5) is 19.7. The number of halogens is 3. The lowest BCUT2D eigenvalue weighted by Crippen LogP contribution is -2.31. The summed E-state index contributed by atoms with van der Waals surface area (Å²) in [6.45, 7) is 4.00. The van der Waals surface area contributed by atoms with Gasteiger partial charge in [0.1, 0.15) is 5.69 Å². The second-order valence-corrected chi connectivity index (χ2v) is 9.80. The zero-order chi connectivity index (χ0) is 26.4. The van der Waals surface area contributed by atoms with Crippen molar-refractivity contribution in [3.8, 4) is 28.3 Å². The molecule has 7 nitrogen and oxygen atoms in total. The summed E-state index contributed by atoms with van der Waals surface area (Å²) < 4.78 is 49.0. The van der Waals surface area contributed by atoms with Gasteiger partial charge in [-0.1, -0.05) is 0 Å². The number of aromatic nitrogens is 3. The Morgan fingerprint density at radius 2 is 1.82 bits per heavy atom. The standard InChI is InChI=1S/C28H26F3N5O2/c1-17-11-18(24-15-32-16-38-24)13-19(12-17)25-21-5-4-8-33-26(21)27(37)36(34-25)23-14-20(35-9-2-3-10-35)6-7-22(23)28(29,30)31/h6-7,11-16,33H,2-5,8-10H2,1H3. The predicted molar refractivity (Wildman–Crippen MR) is 139 cm³/mol. The highest BCUT2D eigenvalue weighted by Crippen LogP contribution is 2.38. The largest absolute Gasteiger partial charge is 0.444 e. The molecule has 6 rings (SSSR count). The van der Waals surface area contributed by atoms with E-state index in [4.69, 9.17) is 4.42 Å². The lowest BCUT2D eigenvalue weighted by atomic mass is 9.95. The maximum absolute atomic E-state index is 14.2. The zero-order valence-electron chi connectivity index (χ0n) is 20.8. The first kappa shape index (κ1) is 24.3. The van der Waals surface area contributed by atoms with Gasteiger partial charge >= 0.3 is 6.18 Å². The van der Waals surface area contributed by atoms with Gasteiger partial charge in [-0.15, -0.1) is 0 Å². The highest BCUT2D eigenvalue weighted by Gasteiger charge is 2.36. The molecule has 196 valence electrons. The number of fused-ring (bicyclic) bond motifs is 1. The fourth-order valence-electron chi connectivity index (χ4n) is 5.39. The average molecular weight is 522 g/mol. The van der Waals surface area contributed by atoms with Crippen LogP contribution in [0.1, 0.15) is 36.0 Å². The number of anilines is 2. The molecule has 2 aromatic heterocycles. The Balaban J connectivity index is 1.60. The van der Waals surface area contributed by atoms with Gasteiger partial charge in [0.25, 0.3) is 5.56 Å². The van der Waals surface area contributed by atoms with E-state index in [9.17, 15) is 18.0 Å². The number of oxazole rings is 1. The minimum absolute atomic E-state index is 0.272. The summed E-state index contributed by atoms with van der Waals surface area (Å²) in [5.74, 6) is 0.563. The van der Waals surface area contributed by atoms with Crippen LogP contribution >= 0.6 is 0 Å². The van der Waals surface area contributed by atoms with Crippen LogP contribution in [0.4, 0.5) is 24.5 Å². The van der Waals surface area contributed by atoms with E-state index in [1.54, 1.807) is 6.20 Å². The van der Waals surface area contributed by atoms with Crippen molar-refractivity contribution in [3.05, 3.63) is 76.0 Å². The van der Waals surface area contributed by atoms with Crippen LogP contribution in [-0.4, -0.2) is 34.4 Å². The van der Waals surface area contributed by atoms with E-state index in [1.807, 2.05) is 30.0 Å². The number of hydrogen-bond donors (Lipinski definition) is 1. The zero-order valence-corrected chi connectivity index (χ0v) is 20.8. The van der Waals surface area contributed by atoms with Crippen molar-refractivity contribution in [1.82, 2.24) is 14.8 Å². The van der Waals surface area contributed by atoms with Gasteiger partial charge in [-0.3, -0.25) is 4.79 Å². The number of nitrogens with one attached hydrogen (secondary N) is 1. The highest BCUT2D eigenvalue weighted by molar-refractivity contribution is 5.75. The SMILES string of the molecule is Cc1cc(-c2cnco2)cc(-c2nn(-c3cc(N4CCCC4)ccc3C(F)(F)F)c(=O)c3c2CCCN3)c1. The molecule has 0 atom stereocenters. The fourth-order valence-corrected chi connectivity index (χ4v) is 5.39. The summed E-state index contributed by atoms with van der Waals surface area (Å²) in [6.07, 6.45) is 1.60. The molecule has 0 unspecified atom stereocenters. The van der Waals surface area contributed by atoms with E-state index >= 15 is 0 Å². The van der Waals surface area contributed by atoms with Crippen molar-refractivity contribution >= 4 is 11.4 Å². The van der Waals surface area contributed by atoms with Gasteiger partial charge in [0.15, 0.2) is 12.2 Å². The molecule has 0 radical (unpaired) electrons. The smallest absolute Gasteiger partial charge is 0.418 e. The Hall–Kier alpha value is -4.08. The molecule has 4 aromatic rings. The maximum atomic E-state index is 14.2. The van der Waals surface area contributed by atoms with Crippen molar-refractivity contribution in [2.45, 2.75) is 38.8 Å². The van der Waals surface area contributed by atoms with Crippen molar-refractivity contribution < 1.29 is 17.6 Å². The number of hydrogen-bond acceptors (Lipinski definition) is 6. The minimum Gasteiger partial charge on any atom is -0.444 e. The predicted octanol–water partition coefficient (Wildman–Crippen LogP) is 5.84. The number of alkyl halides is 3. The quantitative estimate of drug-likeness (QED) is 0.364. The third-order valence-corrected chi connectivity index (χ3v) is 7.15. The van der Waals surface area contributed by atoms with E-state index in [0.29, 0.717) is 46.9 Å². The topological polar surface area (TPSA) is 76.2 Å². The summed E-state index contributed by atoms with van der Waals surface area (Å²) >= 11 is 0. The fraction of sp³-hybridized carbons (Fsp3) is 0.321. The molecule has 1 fully saturated rings. The van der Waals surface area contributed by atoms with Crippen molar-refractivity contribution in [1.29, 1.82) is 0 Å². The molecule has 1 N–H and O–H groups in total. The third-order valence-electron chi connectivity index (χ3n) is 7.15. The number of aryl methyl sites for hydroxylation is 1. The van der Waals surface area contributed by atoms with Gasteiger partial charge in [0.2, 0.25) is 0 Å². The second-order valence-electron chi connectivity index (χ2n) is 9.80. The molecule has 4 heterocycles. The van der Waals surface area contributed by atoms with Gasteiger partial charge in [0, 0.05) is 42.0 Å². The Labute approximate surface area is 216 Å². The monoisotopic (exact) mass is 521 g/mol. The molecule has 0 bridgehead atoms. The molecule has 0 amide bonds. The van der Waals surface area contributed by atoms with Crippen LogP contribution in [0.2, 0.25) is 0 Å². The van der Waals surface area contributed by atoms with Crippen LogP contribution in [0.25, 0.3) is 28.3 Å². The molecule has 0 saturated carbocycles. The van der Waals surface area contributed by atoms with Gasteiger partial charge < -0.3 is 14.6 Å². The highest BCUT2D eigenvalue weighted by atomic mass is 19.4. The van der Waals surface area contributed by atoms with E-state index in [1.165, 1.54) is 18.5 Å². The van der Waals surface area contributed by atoms with Gasteiger partial charge in [-0.05, 0) is 74.6 Å². The van der Waals surface area contributed by atoms with Gasteiger partial charge in [-0.25, -0.2) is 4.98 Å². The van der Waals surface area contributed by atoms with E-state index in [2.05, 4.69) is 15.4 Å². The van der Waals surface area contributed by atoms with Gasteiger partial charge in [0.05, 0.1) is 23.1 Å². The molecular formula is C28H26F3N5O2. The molecule has 38 heavy (non-hydrogen) atoms. The number of nitrogens with zero attached hydrogens (tertiary/aromatic N) is 4. The Kier molecular flexibility index (Phi) is 5.97. The molecule has 0 spiro atoms. The van der Waals surface area contributed by atoms with Crippen molar-refractivity contribution in [2.24, 2.45) is 0 Å². The lowest BCUT2D eigenvalue weighted by molar-refractivity contribution is -0.137. The molecular weight excluding hydrogens is 495 g/mol. The Bertz CT molecular complexity index is 1550. The Morgan fingerprint density at radius 3 is 2.55 bits per heavy atom. The first-order chi connectivity index (χ1) is 18.3. The number of benzene rings is 2. The second kappa shape index (κ2) is 9.34. The average Bonchev–Trinajstić information content (AvgIpc) is 3.63. The lowest BCUT2D eigenvalue weighted by Gasteiger charge is -2.24. The minimum atomic E-state index is -4.66. The summed E-state index contributed by atoms with van der Waals surface area (Å²) in [5.41, 5.74) is 2.73. The summed E-state index contributed by atoms with van der Waals surface area (Å²) in [7, 11) is 0. The van der Waals surface area contributed by atoms with Gasteiger partial charge in [-0.2, -0.15) is 23.0 Å². The molecule has 2 aliphatic rings. The first-order valence-electron chi connectivity index (χ1n) is 12.7. The maximum Gasteiger partial charge on any atom is 0.418 e. The number of rotatable bonds is 4. The van der Waals surface area contributed by atoms with Crippen LogP contribution in [0, 0.1) is 6.92 Å². The van der Waals surface area contributed by atoms with E-state index in [0.717, 1.165) is 54.2 Å². The van der Waals surface area contributed by atoms with E-state index in [-0.39, 0.29) is 5.69 Å². The van der Waals surface area contributed by atoms with Crippen LogP contribution in [0.15, 0.2) is 58.2 Å². The van der Waals surface area contributed by atoms with Crippen molar-refractivity contribution in [2.75, 3.05) is 29.9 Å². The molecule has 2 aliphatic heterocycles. The molecule has 2 aromatic carbocycles. The molecule has 0 aliphatic carbocycles. The van der Waals surface area contributed by atoms with Crippen LogP contribution < -0.4 is 15.8 Å². The van der Waals surface area contributed by atoms with Crippen molar-refractivity contribution in [3.63, 3.8) is 0 Å². The summed E-state index contributed by atoms with van der Waals surface area (Å²) in [6, 6.07) is 9.69. The normalized spacial score (nSPS) is 15.4. The summed E-state index contributed by atoms with van der Waals surface area (Å²) in [5, 5.41) is 7.77. The van der Waals surface area contributed by atoms with Crippen LogP contribution in [0.3, 0.4) is 0 Å². The Morgan fingerprint density at radius 1 is 1.03 bits per heavy atom. The molecule has 1 saturated heterocycles. The van der Waals surface area contributed by atoms with Crippen LogP contribution in [-0.2, 0) is 12.6 Å².